The summed E-state index contributed by atoms with van der Waals surface area (Å²) in [6.45, 7) is 6.07. The average molecular weight is 351 g/mol. The average Bonchev–Trinajstić information content (AvgIpc) is 2.62. The van der Waals surface area contributed by atoms with E-state index in [-0.39, 0.29) is 23.7 Å². The van der Waals surface area contributed by atoms with Crippen LogP contribution in [-0.2, 0) is 16.1 Å². The Labute approximate surface area is 149 Å². The number of nitrogens with zero attached hydrogens (tertiary/aromatic N) is 1. The van der Waals surface area contributed by atoms with Gasteiger partial charge >= 0.3 is 0 Å². The van der Waals surface area contributed by atoms with Gasteiger partial charge in [-0.3, -0.25) is 9.59 Å². The number of carbonyl (C=O) groups excluding carboxylic acids is 2. The van der Waals surface area contributed by atoms with Crippen LogP contribution in [0.1, 0.15) is 45.1 Å². The predicted molar refractivity (Wildman–Crippen MR) is 96.7 cm³/mol. The molecule has 2 rings (SSSR count). The molecule has 132 valence electrons. The summed E-state index contributed by atoms with van der Waals surface area (Å²) in [4.78, 5) is 26.6. The fourth-order valence-corrected chi connectivity index (χ4v) is 3.46. The van der Waals surface area contributed by atoms with Crippen LogP contribution in [0.25, 0.3) is 0 Å². The minimum Gasteiger partial charge on any atom is -0.352 e. The van der Waals surface area contributed by atoms with Crippen LogP contribution in [0.15, 0.2) is 24.3 Å². The quantitative estimate of drug-likeness (QED) is 0.851. The SMILES string of the molecule is CCN(CC)C(=O)C1CCC(C(=O)NCc2ccc(Cl)cc2)CC1. The maximum Gasteiger partial charge on any atom is 0.225 e. The van der Waals surface area contributed by atoms with Crippen molar-refractivity contribution in [2.45, 2.75) is 46.1 Å². The molecule has 0 atom stereocenters. The van der Waals surface area contributed by atoms with Crippen LogP contribution in [0, 0.1) is 11.8 Å². The second-order valence-corrected chi connectivity index (χ2v) is 6.84. The largest absolute Gasteiger partial charge is 0.352 e. The zero-order chi connectivity index (χ0) is 17.5. The number of carbonyl (C=O) groups is 2. The summed E-state index contributed by atoms with van der Waals surface area (Å²) >= 11 is 5.86. The monoisotopic (exact) mass is 350 g/mol. The highest BCUT2D eigenvalue weighted by atomic mass is 35.5. The van der Waals surface area contributed by atoms with E-state index in [1.807, 2.05) is 43.0 Å². The van der Waals surface area contributed by atoms with Gasteiger partial charge in [-0.15, -0.1) is 0 Å². The molecule has 1 aromatic carbocycles. The molecule has 1 aliphatic rings. The Kier molecular flexibility index (Phi) is 7.10. The smallest absolute Gasteiger partial charge is 0.225 e. The number of nitrogens with one attached hydrogen (secondary N) is 1. The van der Waals surface area contributed by atoms with Gasteiger partial charge < -0.3 is 10.2 Å². The molecule has 2 amide bonds. The Bertz CT molecular complexity index is 547. The summed E-state index contributed by atoms with van der Waals surface area (Å²) in [6, 6.07) is 7.49. The van der Waals surface area contributed by atoms with Gasteiger partial charge in [0.15, 0.2) is 0 Å². The lowest BCUT2D eigenvalue weighted by molar-refractivity contribution is -0.138. The van der Waals surface area contributed by atoms with Crippen molar-refractivity contribution in [3.8, 4) is 0 Å². The Hall–Kier alpha value is -1.55. The topological polar surface area (TPSA) is 49.4 Å². The molecule has 1 fully saturated rings. The predicted octanol–water partition coefficient (Wildman–Crippen LogP) is 3.63. The van der Waals surface area contributed by atoms with E-state index in [4.69, 9.17) is 11.6 Å². The molecule has 24 heavy (non-hydrogen) atoms. The summed E-state index contributed by atoms with van der Waals surface area (Å²) in [7, 11) is 0. The Balaban J connectivity index is 1.78. The molecule has 0 heterocycles. The molecule has 0 bridgehead atoms. The highest BCUT2D eigenvalue weighted by Crippen LogP contribution is 2.30. The lowest BCUT2D eigenvalue weighted by Gasteiger charge is -2.30. The van der Waals surface area contributed by atoms with Crippen molar-refractivity contribution >= 4 is 23.4 Å². The summed E-state index contributed by atoms with van der Waals surface area (Å²) in [6.07, 6.45) is 3.22. The first kappa shape index (κ1) is 18.8. The lowest BCUT2D eigenvalue weighted by atomic mass is 9.81. The number of hydrogen-bond donors (Lipinski definition) is 1. The first-order chi connectivity index (χ1) is 11.5. The van der Waals surface area contributed by atoms with E-state index in [0.29, 0.717) is 11.6 Å². The van der Waals surface area contributed by atoms with Gasteiger partial charge in [0.25, 0.3) is 0 Å². The van der Waals surface area contributed by atoms with Crippen LogP contribution in [0.4, 0.5) is 0 Å². The highest BCUT2D eigenvalue weighted by molar-refractivity contribution is 6.30. The molecule has 1 saturated carbocycles. The number of benzene rings is 1. The van der Waals surface area contributed by atoms with Gasteiger partial charge in [-0.05, 0) is 57.2 Å². The Morgan fingerprint density at radius 3 is 2.12 bits per heavy atom. The van der Waals surface area contributed by atoms with Crippen molar-refractivity contribution in [1.82, 2.24) is 10.2 Å². The van der Waals surface area contributed by atoms with Gasteiger partial charge in [0, 0.05) is 36.5 Å². The Morgan fingerprint density at radius 1 is 1.04 bits per heavy atom. The van der Waals surface area contributed by atoms with Crippen molar-refractivity contribution in [2.24, 2.45) is 11.8 Å². The number of halogens is 1. The molecule has 0 radical (unpaired) electrons. The fraction of sp³-hybridized carbons (Fsp3) is 0.579. The van der Waals surface area contributed by atoms with Crippen LogP contribution in [-0.4, -0.2) is 29.8 Å². The number of hydrogen-bond acceptors (Lipinski definition) is 2. The molecule has 4 nitrogen and oxygen atoms in total. The van der Waals surface area contributed by atoms with E-state index in [1.165, 1.54) is 0 Å². The minimum atomic E-state index is 0.0260. The molecule has 0 aliphatic heterocycles. The van der Waals surface area contributed by atoms with Crippen LogP contribution < -0.4 is 5.32 Å². The van der Waals surface area contributed by atoms with Crippen molar-refractivity contribution in [3.05, 3.63) is 34.9 Å². The van der Waals surface area contributed by atoms with Gasteiger partial charge in [0.05, 0.1) is 0 Å². The summed E-state index contributed by atoms with van der Waals surface area (Å²) < 4.78 is 0. The van der Waals surface area contributed by atoms with Crippen LogP contribution in [0.3, 0.4) is 0 Å². The molecule has 0 saturated heterocycles. The number of amides is 2. The van der Waals surface area contributed by atoms with Gasteiger partial charge in [-0.2, -0.15) is 0 Å². The summed E-state index contributed by atoms with van der Waals surface area (Å²) in [5.41, 5.74) is 1.04. The second kappa shape index (κ2) is 9.07. The lowest BCUT2D eigenvalue weighted by Crippen LogP contribution is -2.39. The molecule has 0 unspecified atom stereocenters. The van der Waals surface area contributed by atoms with E-state index < -0.39 is 0 Å². The van der Waals surface area contributed by atoms with Crippen LogP contribution in [0.2, 0.25) is 5.02 Å². The maximum absolute atomic E-state index is 12.4. The minimum absolute atomic E-state index is 0.0260. The first-order valence-corrected chi connectivity index (χ1v) is 9.23. The van der Waals surface area contributed by atoms with Crippen molar-refractivity contribution in [2.75, 3.05) is 13.1 Å². The van der Waals surface area contributed by atoms with Gasteiger partial charge in [-0.25, -0.2) is 0 Å². The Morgan fingerprint density at radius 2 is 1.58 bits per heavy atom. The van der Waals surface area contributed by atoms with E-state index in [2.05, 4.69) is 5.32 Å². The van der Waals surface area contributed by atoms with Gasteiger partial charge in [-0.1, -0.05) is 23.7 Å². The van der Waals surface area contributed by atoms with Gasteiger partial charge in [0.1, 0.15) is 0 Å². The third-order valence-electron chi connectivity index (χ3n) is 4.90. The number of rotatable bonds is 6. The van der Waals surface area contributed by atoms with E-state index in [9.17, 15) is 9.59 Å². The van der Waals surface area contributed by atoms with Crippen molar-refractivity contribution < 1.29 is 9.59 Å². The standard InChI is InChI=1S/C19H27ClN2O2/c1-3-22(4-2)19(24)16-9-7-15(8-10-16)18(23)21-13-14-5-11-17(20)12-6-14/h5-6,11-12,15-16H,3-4,7-10,13H2,1-2H3,(H,21,23). The molecule has 1 N–H and O–H groups in total. The maximum atomic E-state index is 12.4. The second-order valence-electron chi connectivity index (χ2n) is 6.40. The van der Waals surface area contributed by atoms with Gasteiger partial charge in [0.2, 0.25) is 11.8 Å². The van der Waals surface area contributed by atoms with Crippen molar-refractivity contribution in [1.29, 1.82) is 0 Å². The zero-order valence-corrected chi connectivity index (χ0v) is 15.3. The highest BCUT2D eigenvalue weighted by Gasteiger charge is 2.31. The van der Waals surface area contributed by atoms with E-state index in [0.717, 1.165) is 44.3 Å². The molecule has 0 spiro atoms. The fourth-order valence-electron chi connectivity index (χ4n) is 3.33. The van der Waals surface area contributed by atoms with Crippen LogP contribution >= 0.6 is 11.6 Å². The summed E-state index contributed by atoms with van der Waals surface area (Å²) in [5, 5.41) is 3.70. The third-order valence-corrected chi connectivity index (χ3v) is 5.15. The third kappa shape index (κ3) is 4.97. The van der Waals surface area contributed by atoms with Crippen LogP contribution in [0.5, 0.6) is 0 Å². The molecular formula is C19H27ClN2O2. The summed E-state index contributed by atoms with van der Waals surface area (Å²) in [5.74, 6) is 0.460. The van der Waals surface area contributed by atoms with E-state index >= 15 is 0 Å². The molecule has 1 aliphatic carbocycles. The molecule has 0 aromatic heterocycles. The molecule has 5 heteroatoms. The first-order valence-electron chi connectivity index (χ1n) is 8.86. The van der Waals surface area contributed by atoms with E-state index in [1.54, 1.807) is 0 Å². The zero-order valence-electron chi connectivity index (χ0n) is 14.6. The molecular weight excluding hydrogens is 324 g/mol. The molecule has 1 aromatic rings. The normalized spacial score (nSPS) is 20.5. The van der Waals surface area contributed by atoms with Crippen molar-refractivity contribution in [3.63, 3.8) is 0 Å².